The third kappa shape index (κ3) is 5.80. The zero-order valence-corrected chi connectivity index (χ0v) is 16.4. The van der Waals surface area contributed by atoms with Gasteiger partial charge in [0.15, 0.2) is 0 Å². The summed E-state index contributed by atoms with van der Waals surface area (Å²) < 4.78 is 6.09. The lowest BCUT2D eigenvalue weighted by atomic mass is 10.1. The van der Waals surface area contributed by atoms with E-state index < -0.39 is 5.91 Å². The molecule has 0 saturated carbocycles. The summed E-state index contributed by atoms with van der Waals surface area (Å²) in [7, 11) is 1.51. The first kappa shape index (κ1) is 19.8. The van der Waals surface area contributed by atoms with Crippen LogP contribution in [0.15, 0.2) is 58.7 Å². The van der Waals surface area contributed by atoms with Gasteiger partial charge < -0.3 is 15.4 Å². The number of carbonyl (C=O) groups excluding carboxylic acids is 1. The minimum absolute atomic E-state index is 0.0206. The number of halogens is 2. The average Bonchev–Trinajstić information content (AvgIpc) is 2.63. The van der Waals surface area contributed by atoms with Crippen molar-refractivity contribution in [2.45, 2.75) is 6.42 Å². The van der Waals surface area contributed by atoms with Crippen LogP contribution in [-0.4, -0.2) is 19.6 Å². The highest BCUT2D eigenvalue weighted by Gasteiger charge is 2.10. The molecule has 26 heavy (non-hydrogen) atoms. The molecule has 0 radical (unpaired) electrons. The van der Waals surface area contributed by atoms with Crippen molar-refractivity contribution in [2.24, 2.45) is 0 Å². The number of hydrogen-bond donors (Lipinski definition) is 2. The Bertz CT molecular complexity index is 845. The SMILES string of the molecule is COc1ccc(NC(=O)/C(C#N)=C\NCCc2ccc(Br)cc2)cc1Cl. The van der Waals surface area contributed by atoms with Gasteiger partial charge in [-0.25, -0.2) is 0 Å². The van der Waals surface area contributed by atoms with Crippen molar-refractivity contribution in [2.75, 3.05) is 19.0 Å². The summed E-state index contributed by atoms with van der Waals surface area (Å²) in [6.45, 7) is 0.606. The Balaban J connectivity index is 1.91. The van der Waals surface area contributed by atoms with Crippen molar-refractivity contribution in [3.05, 3.63) is 69.3 Å². The fourth-order valence-corrected chi connectivity index (χ4v) is 2.65. The van der Waals surface area contributed by atoms with Crippen molar-refractivity contribution in [1.82, 2.24) is 5.32 Å². The third-order valence-electron chi connectivity index (χ3n) is 3.49. The first-order chi connectivity index (χ1) is 12.5. The zero-order chi connectivity index (χ0) is 18.9. The number of benzene rings is 2. The van der Waals surface area contributed by atoms with E-state index in [1.807, 2.05) is 30.3 Å². The molecule has 0 aliphatic heterocycles. The van der Waals surface area contributed by atoms with Crippen LogP contribution in [-0.2, 0) is 11.2 Å². The van der Waals surface area contributed by atoms with Gasteiger partial charge in [0, 0.05) is 22.9 Å². The number of methoxy groups -OCH3 is 1. The summed E-state index contributed by atoms with van der Waals surface area (Å²) in [6, 6.07) is 14.7. The highest BCUT2D eigenvalue weighted by Crippen LogP contribution is 2.27. The van der Waals surface area contributed by atoms with Crippen molar-refractivity contribution >= 4 is 39.1 Å². The first-order valence-electron chi connectivity index (χ1n) is 7.76. The van der Waals surface area contributed by atoms with Crippen LogP contribution < -0.4 is 15.4 Å². The predicted molar refractivity (Wildman–Crippen MR) is 106 cm³/mol. The number of nitrogens with one attached hydrogen (secondary N) is 2. The Morgan fingerprint density at radius 2 is 2.04 bits per heavy atom. The molecule has 2 aromatic carbocycles. The molecule has 2 aromatic rings. The predicted octanol–water partition coefficient (Wildman–Crippen LogP) is 4.29. The van der Waals surface area contributed by atoms with E-state index in [0.717, 1.165) is 16.5 Å². The number of nitrogens with zero attached hydrogens (tertiary/aromatic N) is 1. The molecule has 0 saturated heterocycles. The quantitative estimate of drug-likeness (QED) is 0.387. The minimum atomic E-state index is -0.509. The molecule has 0 unspecified atom stereocenters. The van der Waals surface area contributed by atoms with Gasteiger partial charge >= 0.3 is 0 Å². The number of nitriles is 1. The molecule has 2 N–H and O–H groups in total. The van der Waals surface area contributed by atoms with E-state index in [0.29, 0.717) is 23.0 Å². The lowest BCUT2D eigenvalue weighted by molar-refractivity contribution is -0.112. The number of rotatable bonds is 7. The normalized spacial score (nSPS) is 10.8. The minimum Gasteiger partial charge on any atom is -0.495 e. The average molecular weight is 435 g/mol. The summed E-state index contributed by atoms with van der Waals surface area (Å²) in [4.78, 5) is 12.2. The molecule has 0 heterocycles. The molecule has 2 rings (SSSR count). The Labute approximate surface area is 165 Å². The van der Waals surface area contributed by atoms with E-state index in [1.165, 1.54) is 13.3 Å². The molecule has 0 aliphatic rings. The molecule has 0 atom stereocenters. The van der Waals surface area contributed by atoms with Gasteiger partial charge in [0.05, 0.1) is 12.1 Å². The second kappa shape index (κ2) is 9.85. The summed E-state index contributed by atoms with van der Waals surface area (Å²) in [6.07, 6.45) is 2.19. The molecule has 5 nitrogen and oxygen atoms in total. The second-order valence-electron chi connectivity index (χ2n) is 5.30. The number of anilines is 1. The van der Waals surface area contributed by atoms with Gasteiger partial charge in [-0.1, -0.05) is 39.7 Å². The van der Waals surface area contributed by atoms with E-state index in [2.05, 4.69) is 26.6 Å². The molecular weight excluding hydrogens is 418 g/mol. The van der Waals surface area contributed by atoms with E-state index in [-0.39, 0.29) is 5.57 Å². The van der Waals surface area contributed by atoms with Gasteiger partial charge in [0.25, 0.3) is 5.91 Å². The summed E-state index contributed by atoms with van der Waals surface area (Å²) in [5.74, 6) is 0.000183. The Kier molecular flexibility index (Phi) is 7.52. The van der Waals surface area contributed by atoms with Gasteiger partial charge in [-0.3, -0.25) is 4.79 Å². The molecule has 1 amide bonds. The monoisotopic (exact) mass is 433 g/mol. The van der Waals surface area contributed by atoms with E-state index in [4.69, 9.17) is 16.3 Å². The summed E-state index contributed by atoms with van der Waals surface area (Å²) in [5, 5.41) is 15.2. The third-order valence-corrected chi connectivity index (χ3v) is 4.32. The number of amides is 1. The van der Waals surface area contributed by atoms with Gasteiger partial charge in [-0.15, -0.1) is 0 Å². The van der Waals surface area contributed by atoms with Gasteiger partial charge in [0.1, 0.15) is 17.4 Å². The van der Waals surface area contributed by atoms with E-state index >= 15 is 0 Å². The van der Waals surface area contributed by atoms with Crippen LogP contribution in [0.4, 0.5) is 5.69 Å². The largest absolute Gasteiger partial charge is 0.495 e. The number of hydrogen-bond acceptors (Lipinski definition) is 4. The van der Waals surface area contributed by atoms with Crippen LogP contribution in [0.1, 0.15) is 5.56 Å². The van der Waals surface area contributed by atoms with Crippen LogP contribution in [0.25, 0.3) is 0 Å². The molecule has 7 heteroatoms. The van der Waals surface area contributed by atoms with Crippen molar-refractivity contribution in [3.63, 3.8) is 0 Å². The summed E-state index contributed by atoms with van der Waals surface area (Å²) >= 11 is 9.42. The van der Waals surface area contributed by atoms with Crippen LogP contribution in [0.3, 0.4) is 0 Å². The van der Waals surface area contributed by atoms with Crippen LogP contribution in [0.5, 0.6) is 5.75 Å². The number of ether oxygens (including phenoxy) is 1. The van der Waals surface area contributed by atoms with E-state index in [1.54, 1.807) is 18.2 Å². The first-order valence-corrected chi connectivity index (χ1v) is 8.93. The Morgan fingerprint density at radius 3 is 2.65 bits per heavy atom. The highest BCUT2D eigenvalue weighted by atomic mass is 79.9. The molecule has 0 fully saturated rings. The number of carbonyl (C=O) groups is 1. The maximum atomic E-state index is 12.2. The fraction of sp³-hybridized carbons (Fsp3) is 0.158. The standard InChI is InChI=1S/C19H17BrClN3O2/c1-26-18-7-6-16(10-17(18)21)24-19(25)14(11-22)12-23-9-8-13-2-4-15(20)5-3-13/h2-7,10,12,23H,8-9H2,1H3,(H,24,25)/b14-12-. The Hall–Kier alpha value is -2.49. The van der Waals surface area contributed by atoms with Crippen molar-refractivity contribution in [1.29, 1.82) is 5.26 Å². The van der Waals surface area contributed by atoms with Crippen molar-refractivity contribution < 1.29 is 9.53 Å². The fourth-order valence-electron chi connectivity index (χ4n) is 2.13. The molecule has 134 valence electrons. The van der Waals surface area contributed by atoms with Gasteiger partial charge in [-0.05, 0) is 42.3 Å². The molecular formula is C19H17BrClN3O2. The van der Waals surface area contributed by atoms with Gasteiger partial charge in [0.2, 0.25) is 0 Å². The topological polar surface area (TPSA) is 74.1 Å². The highest BCUT2D eigenvalue weighted by molar-refractivity contribution is 9.10. The van der Waals surface area contributed by atoms with E-state index in [9.17, 15) is 10.1 Å². The lowest BCUT2D eigenvalue weighted by Crippen LogP contribution is -2.18. The maximum absolute atomic E-state index is 12.2. The van der Waals surface area contributed by atoms with Crippen molar-refractivity contribution in [3.8, 4) is 11.8 Å². The zero-order valence-electron chi connectivity index (χ0n) is 14.1. The Morgan fingerprint density at radius 1 is 1.31 bits per heavy atom. The van der Waals surface area contributed by atoms with Crippen LogP contribution in [0.2, 0.25) is 5.02 Å². The lowest BCUT2D eigenvalue weighted by Gasteiger charge is -2.08. The summed E-state index contributed by atoms with van der Waals surface area (Å²) in [5.41, 5.74) is 1.62. The second-order valence-corrected chi connectivity index (χ2v) is 6.63. The van der Waals surface area contributed by atoms with Gasteiger partial charge in [-0.2, -0.15) is 5.26 Å². The smallest absolute Gasteiger partial charge is 0.267 e. The molecule has 0 aromatic heterocycles. The van der Waals surface area contributed by atoms with Crippen LogP contribution >= 0.6 is 27.5 Å². The van der Waals surface area contributed by atoms with Crippen LogP contribution in [0, 0.1) is 11.3 Å². The molecule has 0 aliphatic carbocycles. The molecule has 0 spiro atoms. The maximum Gasteiger partial charge on any atom is 0.267 e. The molecule has 0 bridgehead atoms.